The SMILES string of the molecule is Cc1nnc(CN(Cc2ccccc2)C[C@H](O)c2cccs2)n1C. The number of nitrogens with zero attached hydrogens (tertiary/aromatic N) is 4. The Kier molecular flexibility index (Phi) is 5.40. The maximum Gasteiger partial charge on any atom is 0.146 e. The smallest absolute Gasteiger partial charge is 0.146 e. The molecule has 3 aromatic rings. The quantitative estimate of drug-likeness (QED) is 0.717. The Morgan fingerprint density at radius 1 is 1.12 bits per heavy atom. The first-order valence-corrected chi connectivity index (χ1v) is 8.84. The van der Waals surface area contributed by atoms with Gasteiger partial charge in [-0.1, -0.05) is 36.4 Å². The molecule has 5 nitrogen and oxygen atoms in total. The largest absolute Gasteiger partial charge is 0.386 e. The topological polar surface area (TPSA) is 54.2 Å². The maximum absolute atomic E-state index is 10.5. The number of aromatic nitrogens is 3. The predicted octanol–water partition coefficient (Wildman–Crippen LogP) is 2.92. The summed E-state index contributed by atoms with van der Waals surface area (Å²) in [5.41, 5.74) is 1.22. The minimum absolute atomic E-state index is 0.497. The van der Waals surface area contributed by atoms with E-state index in [1.807, 2.05) is 54.3 Å². The third-order valence-electron chi connectivity index (χ3n) is 4.10. The number of rotatable bonds is 7. The van der Waals surface area contributed by atoms with Crippen molar-refractivity contribution in [2.75, 3.05) is 6.54 Å². The molecule has 3 rings (SSSR count). The average Bonchev–Trinajstić information content (AvgIpc) is 3.22. The second kappa shape index (κ2) is 7.70. The molecule has 0 amide bonds. The highest BCUT2D eigenvalue weighted by atomic mass is 32.1. The summed E-state index contributed by atoms with van der Waals surface area (Å²) < 4.78 is 2.00. The number of benzene rings is 1. The van der Waals surface area contributed by atoms with Gasteiger partial charge < -0.3 is 9.67 Å². The lowest BCUT2D eigenvalue weighted by Gasteiger charge is -2.24. The van der Waals surface area contributed by atoms with E-state index in [2.05, 4.69) is 27.2 Å². The maximum atomic E-state index is 10.5. The molecule has 0 aliphatic heterocycles. The minimum Gasteiger partial charge on any atom is -0.386 e. The molecule has 0 saturated carbocycles. The summed E-state index contributed by atoms with van der Waals surface area (Å²) in [4.78, 5) is 3.20. The second-order valence-electron chi connectivity index (χ2n) is 5.91. The summed E-state index contributed by atoms with van der Waals surface area (Å²) in [6, 6.07) is 14.2. The van der Waals surface area contributed by atoms with Crippen molar-refractivity contribution in [3.63, 3.8) is 0 Å². The van der Waals surface area contributed by atoms with Crippen LogP contribution in [0.15, 0.2) is 47.8 Å². The summed E-state index contributed by atoms with van der Waals surface area (Å²) in [6.45, 7) is 3.91. The molecule has 0 fully saturated rings. The predicted molar refractivity (Wildman–Crippen MR) is 95.6 cm³/mol. The van der Waals surface area contributed by atoms with Crippen LogP contribution in [-0.2, 0) is 20.1 Å². The van der Waals surface area contributed by atoms with E-state index in [1.54, 1.807) is 11.3 Å². The fraction of sp³-hybridized carbons (Fsp3) is 0.333. The summed E-state index contributed by atoms with van der Waals surface area (Å²) >= 11 is 1.58. The zero-order valence-corrected chi connectivity index (χ0v) is 14.8. The van der Waals surface area contributed by atoms with Crippen molar-refractivity contribution in [1.29, 1.82) is 0 Å². The van der Waals surface area contributed by atoms with Crippen LogP contribution in [0.2, 0.25) is 0 Å². The van der Waals surface area contributed by atoms with E-state index >= 15 is 0 Å². The van der Waals surface area contributed by atoms with E-state index in [-0.39, 0.29) is 0 Å². The van der Waals surface area contributed by atoms with Crippen LogP contribution in [0.3, 0.4) is 0 Å². The van der Waals surface area contributed by atoms with Crippen LogP contribution in [-0.4, -0.2) is 31.3 Å². The normalized spacial score (nSPS) is 12.7. The van der Waals surface area contributed by atoms with Gasteiger partial charge in [-0.3, -0.25) is 4.90 Å². The third kappa shape index (κ3) is 4.08. The summed E-state index contributed by atoms with van der Waals surface area (Å²) in [7, 11) is 1.97. The Hall–Kier alpha value is -2.02. The van der Waals surface area contributed by atoms with Crippen molar-refractivity contribution >= 4 is 11.3 Å². The molecule has 1 atom stereocenters. The van der Waals surface area contributed by atoms with Crippen molar-refractivity contribution in [2.45, 2.75) is 26.1 Å². The summed E-state index contributed by atoms with van der Waals surface area (Å²) in [5, 5.41) is 20.9. The van der Waals surface area contributed by atoms with Gasteiger partial charge in [0.15, 0.2) is 0 Å². The highest BCUT2D eigenvalue weighted by molar-refractivity contribution is 7.10. The Morgan fingerprint density at radius 3 is 2.54 bits per heavy atom. The van der Waals surface area contributed by atoms with E-state index in [0.717, 1.165) is 23.1 Å². The van der Waals surface area contributed by atoms with Gasteiger partial charge in [0.1, 0.15) is 17.8 Å². The van der Waals surface area contributed by atoms with Crippen LogP contribution >= 0.6 is 11.3 Å². The van der Waals surface area contributed by atoms with Gasteiger partial charge in [0.25, 0.3) is 0 Å². The molecule has 24 heavy (non-hydrogen) atoms. The Labute approximate surface area is 146 Å². The molecule has 0 bridgehead atoms. The van der Waals surface area contributed by atoms with Gasteiger partial charge in [0.2, 0.25) is 0 Å². The molecule has 1 N–H and O–H groups in total. The van der Waals surface area contributed by atoms with Gasteiger partial charge in [-0.05, 0) is 23.9 Å². The molecule has 2 aromatic heterocycles. The van der Waals surface area contributed by atoms with E-state index in [4.69, 9.17) is 0 Å². The van der Waals surface area contributed by atoms with Gasteiger partial charge in [0, 0.05) is 25.0 Å². The molecule has 2 heterocycles. The van der Waals surface area contributed by atoms with Crippen LogP contribution in [0.4, 0.5) is 0 Å². The Morgan fingerprint density at radius 2 is 1.92 bits per heavy atom. The van der Waals surface area contributed by atoms with E-state index < -0.39 is 6.10 Å². The number of hydrogen-bond acceptors (Lipinski definition) is 5. The Balaban J connectivity index is 1.76. The highest BCUT2D eigenvalue weighted by Crippen LogP contribution is 2.21. The summed E-state index contributed by atoms with van der Waals surface area (Å²) in [6.07, 6.45) is -0.497. The third-order valence-corrected chi connectivity index (χ3v) is 5.07. The number of aliphatic hydroxyl groups is 1. The molecule has 0 aliphatic carbocycles. The second-order valence-corrected chi connectivity index (χ2v) is 6.89. The number of thiophene rings is 1. The molecular weight excluding hydrogens is 320 g/mol. The molecule has 0 radical (unpaired) electrons. The first-order chi connectivity index (χ1) is 11.6. The highest BCUT2D eigenvalue weighted by Gasteiger charge is 2.17. The van der Waals surface area contributed by atoms with Crippen LogP contribution in [0.5, 0.6) is 0 Å². The van der Waals surface area contributed by atoms with Crippen molar-refractivity contribution in [3.05, 3.63) is 69.9 Å². The Bertz CT molecular complexity index is 755. The zero-order chi connectivity index (χ0) is 16.9. The molecule has 126 valence electrons. The molecule has 0 aliphatic rings. The van der Waals surface area contributed by atoms with Crippen LogP contribution in [0.25, 0.3) is 0 Å². The first kappa shape index (κ1) is 16.8. The van der Waals surface area contributed by atoms with Gasteiger partial charge in [-0.15, -0.1) is 21.5 Å². The number of hydrogen-bond donors (Lipinski definition) is 1. The molecule has 0 spiro atoms. The van der Waals surface area contributed by atoms with Crippen LogP contribution in [0.1, 0.15) is 28.2 Å². The van der Waals surface area contributed by atoms with E-state index in [9.17, 15) is 5.11 Å². The van der Waals surface area contributed by atoms with Gasteiger partial charge in [0.05, 0.1) is 6.54 Å². The van der Waals surface area contributed by atoms with Gasteiger partial charge in [-0.2, -0.15) is 0 Å². The van der Waals surface area contributed by atoms with Gasteiger partial charge in [-0.25, -0.2) is 0 Å². The van der Waals surface area contributed by atoms with E-state index in [0.29, 0.717) is 13.1 Å². The van der Waals surface area contributed by atoms with Crippen molar-refractivity contribution in [1.82, 2.24) is 19.7 Å². The standard InChI is InChI=1S/C18H22N4OS/c1-14-19-20-18(21(14)2)13-22(11-15-7-4-3-5-8-15)12-16(23)17-9-6-10-24-17/h3-10,16,23H,11-13H2,1-2H3/t16-/m0/s1. The zero-order valence-electron chi connectivity index (χ0n) is 14.0. The molecule has 0 unspecified atom stereocenters. The van der Waals surface area contributed by atoms with Crippen molar-refractivity contribution in [2.24, 2.45) is 7.05 Å². The van der Waals surface area contributed by atoms with Crippen LogP contribution < -0.4 is 0 Å². The summed E-state index contributed by atoms with van der Waals surface area (Å²) in [5.74, 6) is 1.80. The lowest BCUT2D eigenvalue weighted by atomic mass is 10.2. The van der Waals surface area contributed by atoms with Crippen LogP contribution in [0, 0.1) is 6.92 Å². The lowest BCUT2D eigenvalue weighted by molar-refractivity contribution is 0.105. The number of aryl methyl sites for hydroxylation is 1. The minimum atomic E-state index is -0.497. The van der Waals surface area contributed by atoms with Gasteiger partial charge >= 0.3 is 0 Å². The lowest BCUT2D eigenvalue weighted by Crippen LogP contribution is -2.29. The van der Waals surface area contributed by atoms with Crippen molar-refractivity contribution < 1.29 is 5.11 Å². The number of aliphatic hydroxyl groups excluding tert-OH is 1. The first-order valence-electron chi connectivity index (χ1n) is 7.96. The van der Waals surface area contributed by atoms with Crippen molar-refractivity contribution in [3.8, 4) is 0 Å². The molecule has 6 heteroatoms. The van der Waals surface area contributed by atoms with E-state index in [1.165, 1.54) is 5.56 Å². The fourth-order valence-corrected chi connectivity index (χ4v) is 3.33. The fourth-order valence-electron chi connectivity index (χ4n) is 2.63. The molecule has 0 saturated heterocycles. The molecular formula is C18H22N4OS. The monoisotopic (exact) mass is 342 g/mol. The average molecular weight is 342 g/mol. The molecule has 1 aromatic carbocycles.